The van der Waals surface area contributed by atoms with Crippen molar-refractivity contribution in [3.8, 4) is 5.75 Å². The molecule has 1 atom stereocenters. The van der Waals surface area contributed by atoms with Crippen LogP contribution in [0.2, 0.25) is 0 Å². The molecule has 1 heterocycles. The number of non-ortho nitro benzene ring substituents is 1. The number of fused-ring (bicyclic) bond motifs is 3. The van der Waals surface area contributed by atoms with E-state index in [4.69, 9.17) is 21.4 Å². The highest BCUT2D eigenvalue weighted by Gasteiger charge is 2.35. The van der Waals surface area contributed by atoms with Gasteiger partial charge in [-0.15, -0.1) is 11.6 Å². The molecule has 2 amide bonds. The number of rotatable bonds is 8. The van der Waals surface area contributed by atoms with E-state index in [1.54, 1.807) is 37.5 Å². The molecule has 0 bridgehead atoms. The van der Waals surface area contributed by atoms with Crippen molar-refractivity contribution in [3.05, 3.63) is 81.4 Å². The fraction of sp³-hybridized carbons (Fsp3) is 0.231. The standard InChI is InChI=1S/C26H24ClN3O6/c1-36-19-6-2-16(3-7-19)4-9-24(32)29-15-18(14-27)25-20-8-5-17(26(33)28-10-11-31)12-21(20)22(30(34)35)13-23(25)29/h2-9,12-13,18,31H,10-11,14-15H2,1H3,(H,28,33)/b9-4+. The summed E-state index contributed by atoms with van der Waals surface area (Å²) < 4.78 is 5.14. The summed E-state index contributed by atoms with van der Waals surface area (Å²) >= 11 is 6.26. The topological polar surface area (TPSA) is 122 Å². The van der Waals surface area contributed by atoms with Gasteiger partial charge in [-0.1, -0.05) is 18.2 Å². The average Bonchev–Trinajstić information content (AvgIpc) is 3.28. The van der Waals surface area contributed by atoms with Crippen molar-refractivity contribution in [3.63, 3.8) is 0 Å². The lowest BCUT2D eigenvalue weighted by molar-refractivity contribution is -0.383. The molecule has 0 aromatic heterocycles. The lowest BCUT2D eigenvalue weighted by atomic mass is 9.93. The minimum Gasteiger partial charge on any atom is -0.497 e. The number of nitrogens with one attached hydrogen (secondary N) is 1. The van der Waals surface area contributed by atoms with Gasteiger partial charge in [-0.05, 0) is 46.9 Å². The molecule has 0 saturated carbocycles. The van der Waals surface area contributed by atoms with Crippen molar-refractivity contribution in [2.75, 3.05) is 37.6 Å². The second kappa shape index (κ2) is 10.8. The van der Waals surface area contributed by atoms with Crippen molar-refractivity contribution >= 4 is 51.6 Å². The number of anilines is 1. The molecule has 186 valence electrons. The van der Waals surface area contributed by atoms with E-state index in [2.05, 4.69) is 5.32 Å². The van der Waals surface area contributed by atoms with Crippen LogP contribution in [0, 0.1) is 10.1 Å². The van der Waals surface area contributed by atoms with E-state index in [0.717, 1.165) is 11.1 Å². The Labute approximate surface area is 212 Å². The Bertz CT molecular complexity index is 1360. The Hall–Kier alpha value is -3.95. The highest BCUT2D eigenvalue weighted by Crippen LogP contribution is 2.45. The molecule has 3 aromatic carbocycles. The summed E-state index contributed by atoms with van der Waals surface area (Å²) in [6, 6.07) is 13.2. The molecule has 36 heavy (non-hydrogen) atoms. The normalized spacial score (nSPS) is 14.8. The van der Waals surface area contributed by atoms with Gasteiger partial charge in [0.15, 0.2) is 0 Å². The highest BCUT2D eigenvalue weighted by molar-refractivity contribution is 6.19. The van der Waals surface area contributed by atoms with E-state index >= 15 is 0 Å². The summed E-state index contributed by atoms with van der Waals surface area (Å²) in [7, 11) is 1.57. The third kappa shape index (κ3) is 4.89. The highest BCUT2D eigenvalue weighted by atomic mass is 35.5. The van der Waals surface area contributed by atoms with Crippen molar-refractivity contribution < 1.29 is 24.4 Å². The van der Waals surface area contributed by atoms with E-state index < -0.39 is 10.8 Å². The first kappa shape index (κ1) is 25.2. The van der Waals surface area contributed by atoms with Crippen LogP contribution in [0.1, 0.15) is 27.4 Å². The van der Waals surface area contributed by atoms with Gasteiger partial charge in [0, 0.05) is 42.6 Å². The van der Waals surface area contributed by atoms with Gasteiger partial charge in [0.05, 0.1) is 29.7 Å². The predicted octanol–water partition coefficient (Wildman–Crippen LogP) is 3.86. The molecule has 3 aromatic rings. The molecule has 2 N–H and O–H groups in total. The number of methoxy groups -OCH3 is 1. The average molecular weight is 510 g/mol. The number of nitrogens with zero attached hydrogens (tertiary/aromatic N) is 2. The monoisotopic (exact) mass is 509 g/mol. The number of alkyl halides is 1. The maximum atomic E-state index is 13.2. The fourth-order valence-electron chi connectivity index (χ4n) is 4.35. The minimum atomic E-state index is -0.526. The Morgan fingerprint density at radius 1 is 1.22 bits per heavy atom. The van der Waals surface area contributed by atoms with Crippen molar-refractivity contribution in [1.82, 2.24) is 5.32 Å². The van der Waals surface area contributed by atoms with Gasteiger partial charge in [0.25, 0.3) is 17.5 Å². The zero-order valence-corrected chi connectivity index (χ0v) is 20.2. The van der Waals surface area contributed by atoms with Crippen molar-refractivity contribution in [2.24, 2.45) is 0 Å². The molecular formula is C26H24ClN3O6. The molecule has 10 heteroatoms. The van der Waals surface area contributed by atoms with Crippen LogP contribution in [0.5, 0.6) is 5.75 Å². The maximum absolute atomic E-state index is 13.2. The number of hydrogen-bond acceptors (Lipinski definition) is 6. The number of carbonyl (C=O) groups excluding carboxylic acids is 2. The van der Waals surface area contributed by atoms with E-state index in [1.807, 2.05) is 12.1 Å². The second-order valence-electron chi connectivity index (χ2n) is 8.23. The van der Waals surface area contributed by atoms with Gasteiger partial charge >= 0.3 is 0 Å². The number of carbonyl (C=O) groups is 2. The quantitative estimate of drug-likeness (QED) is 0.206. The largest absolute Gasteiger partial charge is 0.497 e. The molecular weight excluding hydrogens is 486 g/mol. The SMILES string of the molecule is COc1ccc(/C=C/C(=O)N2CC(CCl)c3c2cc([N+](=O)[O-])c2cc(C(=O)NCCO)ccc32)cc1. The lowest BCUT2D eigenvalue weighted by Gasteiger charge is -2.16. The number of amides is 2. The van der Waals surface area contributed by atoms with E-state index in [9.17, 15) is 19.7 Å². The number of nitro benzene ring substituents is 1. The lowest BCUT2D eigenvalue weighted by Crippen LogP contribution is -2.28. The molecule has 0 aliphatic carbocycles. The molecule has 0 spiro atoms. The number of aliphatic hydroxyl groups excluding tert-OH is 1. The van der Waals surface area contributed by atoms with Crippen LogP contribution in [-0.2, 0) is 4.79 Å². The summed E-state index contributed by atoms with van der Waals surface area (Å²) in [5, 5.41) is 24.3. The predicted molar refractivity (Wildman–Crippen MR) is 138 cm³/mol. The molecule has 4 rings (SSSR count). The molecule has 0 fully saturated rings. The van der Waals surface area contributed by atoms with Crippen molar-refractivity contribution in [1.29, 1.82) is 0 Å². The van der Waals surface area contributed by atoms with Crippen LogP contribution in [0.3, 0.4) is 0 Å². The van der Waals surface area contributed by atoms with Gasteiger partial charge < -0.3 is 20.1 Å². The fourth-order valence-corrected chi connectivity index (χ4v) is 4.60. The third-order valence-electron chi connectivity index (χ3n) is 6.08. The summed E-state index contributed by atoms with van der Waals surface area (Å²) in [4.78, 5) is 38.5. The van der Waals surface area contributed by atoms with Crippen LogP contribution in [-0.4, -0.2) is 54.5 Å². The summed E-state index contributed by atoms with van der Waals surface area (Å²) in [6.45, 7) is 0.124. The number of halogens is 1. The summed E-state index contributed by atoms with van der Waals surface area (Å²) in [5.41, 5.74) is 1.98. The van der Waals surface area contributed by atoms with Crippen LogP contribution < -0.4 is 15.0 Å². The maximum Gasteiger partial charge on any atom is 0.279 e. The van der Waals surface area contributed by atoms with Crippen LogP contribution >= 0.6 is 11.6 Å². The van der Waals surface area contributed by atoms with E-state index in [-0.39, 0.29) is 54.0 Å². The third-order valence-corrected chi connectivity index (χ3v) is 6.45. The zero-order valence-electron chi connectivity index (χ0n) is 19.4. The number of hydrogen-bond donors (Lipinski definition) is 2. The second-order valence-corrected chi connectivity index (χ2v) is 8.54. The Balaban J connectivity index is 1.75. The minimum absolute atomic E-state index is 0.0680. The molecule has 0 saturated heterocycles. The first-order valence-electron chi connectivity index (χ1n) is 11.2. The van der Waals surface area contributed by atoms with Crippen LogP contribution in [0.4, 0.5) is 11.4 Å². The Morgan fingerprint density at radius 3 is 2.61 bits per heavy atom. The number of ether oxygens (including phenoxy) is 1. The molecule has 1 aliphatic rings. The zero-order chi connectivity index (χ0) is 25.8. The summed E-state index contributed by atoms with van der Waals surface area (Å²) in [5.74, 6) is -0.101. The van der Waals surface area contributed by atoms with E-state index in [0.29, 0.717) is 16.8 Å². The number of benzene rings is 3. The van der Waals surface area contributed by atoms with Gasteiger partial charge in [-0.25, -0.2) is 0 Å². The van der Waals surface area contributed by atoms with Gasteiger partial charge in [0.2, 0.25) is 0 Å². The molecule has 1 unspecified atom stereocenters. The molecule has 0 radical (unpaired) electrons. The smallest absolute Gasteiger partial charge is 0.279 e. The Kier molecular flexibility index (Phi) is 7.52. The molecule has 9 nitrogen and oxygen atoms in total. The van der Waals surface area contributed by atoms with Gasteiger partial charge in [-0.2, -0.15) is 0 Å². The van der Waals surface area contributed by atoms with Crippen LogP contribution in [0.25, 0.3) is 16.8 Å². The van der Waals surface area contributed by atoms with Gasteiger partial charge in [0.1, 0.15) is 5.75 Å². The number of aliphatic hydroxyl groups is 1. The first-order chi connectivity index (χ1) is 17.4. The van der Waals surface area contributed by atoms with E-state index in [1.165, 1.54) is 23.1 Å². The Morgan fingerprint density at radius 2 is 1.97 bits per heavy atom. The first-order valence-corrected chi connectivity index (χ1v) is 11.7. The summed E-state index contributed by atoms with van der Waals surface area (Å²) in [6.07, 6.45) is 3.09. The van der Waals surface area contributed by atoms with Gasteiger partial charge in [-0.3, -0.25) is 19.7 Å². The van der Waals surface area contributed by atoms with Crippen molar-refractivity contribution in [2.45, 2.75) is 5.92 Å². The molecule has 1 aliphatic heterocycles. The van der Waals surface area contributed by atoms with Crippen LogP contribution in [0.15, 0.2) is 54.6 Å². The number of nitro groups is 1.